The largest absolute Gasteiger partial charge is 0.416 e. The van der Waals surface area contributed by atoms with Crippen LogP contribution in [0.1, 0.15) is 30.5 Å². The molecule has 11 heteroatoms. The van der Waals surface area contributed by atoms with Gasteiger partial charge in [-0.2, -0.15) is 13.2 Å². The number of piperazine rings is 1. The summed E-state index contributed by atoms with van der Waals surface area (Å²) in [5.41, 5.74) is 2.68. The van der Waals surface area contributed by atoms with Gasteiger partial charge in [-0.25, -0.2) is 9.97 Å². The summed E-state index contributed by atoms with van der Waals surface area (Å²) in [6.07, 6.45) is 2.42. The van der Waals surface area contributed by atoms with Crippen LogP contribution in [0.3, 0.4) is 0 Å². The van der Waals surface area contributed by atoms with E-state index in [4.69, 9.17) is 0 Å². The second kappa shape index (κ2) is 11.3. The third-order valence-electron chi connectivity index (χ3n) is 7.95. The highest BCUT2D eigenvalue weighted by atomic mass is 19.4. The van der Waals surface area contributed by atoms with Gasteiger partial charge in [0, 0.05) is 75.0 Å². The van der Waals surface area contributed by atoms with Gasteiger partial charge in [0.1, 0.15) is 0 Å². The number of hydrogen-bond donors (Lipinski definition) is 0. The number of rotatable bonds is 6. The maximum Gasteiger partial charge on any atom is 0.416 e. The molecule has 4 heterocycles. The molecule has 3 aromatic rings. The number of halogens is 3. The van der Waals surface area contributed by atoms with Crippen molar-refractivity contribution < 1.29 is 13.2 Å². The highest BCUT2D eigenvalue weighted by Gasteiger charge is 2.32. The minimum absolute atomic E-state index is 0.269. The van der Waals surface area contributed by atoms with E-state index in [1.54, 1.807) is 0 Å². The zero-order valence-electron chi connectivity index (χ0n) is 24.1. The van der Waals surface area contributed by atoms with Crippen molar-refractivity contribution >= 4 is 17.2 Å². The lowest BCUT2D eigenvalue weighted by Gasteiger charge is -2.44. The van der Waals surface area contributed by atoms with E-state index in [9.17, 15) is 18.0 Å². The van der Waals surface area contributed by atoms with Crippen molar-refractivity contribution in [3.05, 3.63) is 82.0 Å². The lowest BCUT2D eigenvalue weighted by molar-refractivity contribution is -0.137. The van der Waals surface area contributed by atoms with Gasteiger partial charge in [0.15, 0.2) is 0 Å². The number of anilines is 2. The first-order chi connectivity index (χ1) is 19.4. The van der Waals surface area contributed by atoms with Crippen LogP contribution in [0.25, 0.3) is 11.3 Å². The summed E-state index contributed by atoms with van der Waals surface area (Å²) >= 11 is 0. The predicted octanol–water partition coefficient (Wildman–Crippen LogP) is 4.14. The first-order valence-electron chi connectivity index (χ1n) is 13.7. The molecule has 0 radical (unpaired) electrons. The standard InChI is InChI=1S/C30H36F3N7O/c1-20-16-39(17-21(2)37(20)5)26-7-6-23(12-27(26)40-11-9-25(13-28(40)41)30(31,32)33)24-8-10-38(19-24)29-34-14-22(15-35-29)18-36(3)4/h6-9,11-15,20-21H,10,16-19H2,1-5H3/t20-,21+. The molecule has 1 aromatic carbocycles. The van der Waals surface area contributed by atoms with Crippen LogP contribution in [0.15, 0.2) is 59.8 Å². The minimum Gasteiger partial charge on any atom is -0.367 e. The van der Waals surface area contributed by atoms with Crippen LogP contribution in [0.4, 0.5) is 24.8 Å². The molecular weight excluding hydrogens is 531 g/mol. The number of nitrogens with zero attached hydrogens (tertiary/aromatic N) is 7. The van der Waals surface area contributed by atoms with Gasteiger partial charge in [-0.1, -0.05) is 12.1 Å². The van der Waals surface area contributed by atoms with Crippen molar-refractivity contribution in [2.75, 3.05) is 57.1 Å². The van der Waals surface area contributed by atoms with Crippen LogP contribution in [-0.2, 0) is 12.7 Å². The molecular formula is C30H36F3N7O. The van der Waals surface area contributed by atoms with Gasteiger partial charge in [-0.05, 0) is 64.3 Å². The topological polar surface area (TPSA) is 60.7 Å². The number of benzene rings is 1. The molecule has 0 aliphatic carbocycles. The van der Waals surface area contributed by atoms with Crippen LogP contribution < -0.4 is 15.4 Å². The average Bonchev–Trinajstić information content (AvgIpc) is 3.41. The monoisotopic (exact) mass is 567 g/mol. The highest BCUT2D eigenvalue weighted by molar-refractivity contribution is 5.77. The number of alkyl halides is 3. The van der Waals surface area contributed by atoms with Crippen LogP contribution in [0.5, 0.6) is 0 Å². The molecule has 1 fully saturated rings. The SMILES string of the molecule is C[C@@H]1CN(c2ccc(C3=CCN(c4ncc(CN(C)C)cn4)C3)cc2-n2ccc(C(F)(F)F)cc2=O)C[C@H](C)N1C. The third kappa shape index (κ3) is 6.15. The average molecular weight is 568 g/mol. The van der Waals surface area contributed by atoms with Crippen LogP contribution >= 0.6 is 0 Å². The maximum absolute atomic E-state index is 13.3. The second-order valence-corrected chi connectivity index (χ2v) is 11.3. The van der Waals surface area contributed by atoms with Crippen molar-refractivity contribution in [1.82, 2.24) is 24.3 Å². The van der Waals surface area contributed by atoms with Crippen LogP contribution in [0, 0.1) is 0 Å². The summed E-state index contributed by atoms with van der Waals surface area (Å²) in [6.45, 7) is 7.74. The fraction of sp³-hybridized carbons (Fsp3) is 0.433. The molecule has 0 saturated carbocycles. The van der Waals surface area contributed by atoms with Gasteiger partial charge < -0.3 is 14.7 Å². The molecule has 2 atom stereocenters. The van der Waals surface area contributed by atoms with E-state index in [0.29, 0.717) is 30.8 Å². The van der Waals surface area contributed by atoms with E-state index >= 15 is 0 Å². The van der Waals surface area contributed by atoms with Gasteiger partial charge in [0.2, 0.25) is 5.95 Å². The van der Waals surface area contributed by atoms with E-state index in [2.05, 4.69) is 56.5 Å². The zero-order valence-corrected chi connectivity index (χ0v) is 24.1. The molecule has 0 amide bonds. The van der Waals surface area contributed by atoms with Crippen molar-refractivity contribution in [1.29, 1.82) is 0 Å². The number of aromatic nitrogens is 3. The molecule has 8 nitrogen and oxygen atoms in total. The molecule has 2 aromatic heterocycles. The highest BCUT2D eigenvalue weighted by Crippen LogP contribution is 2.33. The van der Waals surface area contributed by atoms with E-state index in [1.165, 1.54) is 10.8 Å². The van der Waals surface area contributed by atoms with Crippen molar-refractivity contribution in [3.63, 3.8) is 0 Å². The number of pyridine rings is 1. The molecule has 0 bridgehead atoms. The fourth-order valence-corrected chi connectivity index (χ4v) is 5.51. The molecule has 0 unspecified atom stereocenters. The Morgan fingerprint density at radius 2 is 1.66 bits per heavy atom. The summed E-state index contributed by atoms with van der Waals surface area (Å²) in [7, 11) is 6.08. The molecule has 1 saturated heterocycles. The van der Waals surface area contributed by atoms with E-state index in [0.717, 1.165) is 48.1 Å². The van der Waals surface area contributed by atoms with Gasteiger partial charge in [0.25, 0.3) is 5.56 Å². The molecule has 41 heavy (non-hydrogen) atoms. The van der Waals surface area contributed by atoms with Crippen molar-refractivity contribution in [3.8, 4) is 5.69 Å². The summed E-state index contributed by atoms with van der Waals surface area (Å²) < 4.78 is 41.3. The molecule has 0 N–H and O–H groups in total. The Balaban J connectivity index is 1.48. The van der Waals surface area contributed by atoms with Crippen LogP contribution in [-0.4, -0.2) is 83.7 Å². The van der Waals surface area contributed by atoms with E-state index in [-0.39, 0.29) is 12.1 Å². The summed E-state index contributed by atoms with van der Waals surface area (Å²) in [5.74, 6) is 0.634. The molecule has 0 spiro atoms. The molecule has 218 valence electrons. The van der Waals surface area contributed by atoms with Gasteiger partial charge in [0.05, 0.1) is 16.9 Å². The quantitative estimate of drug-likeness (QED) is 0.444. The zero-order chi connectivity index (χ0) is 29.5. The van der Waals surface area contributed by atoms with Crippen molar-refractivity contribution in [2.45, 2.75) is 38.7 Å². The second-order valence-electron chi connectivity index (χ2n) is 11.3. The first kappa shape index (κ1) is 28.8. The Hall–Kier alpha value is -3.70. The maximum atomic E-state index is 13.3. The van der Waals surface area contributed by atoms with E-state index in [1.807, 2.05) is 44.7 Å². The number of likely N-dealkylation sites (N-methyl/N-ethyl adjacent to an activating group) is 1. The first-order valence-corrected chi connectivity index (χ1v) is 13.7. The minimum atomic E-state index is -4.59. The Labute approximate surface area is 238 Å². The molecule has 2 aliphatic rings. The Morgan fingerprint density at radius 3 is 2.27 bits per heavy atom. The fourth-order valence-electron chi connectivity index (χ4n) is 5.51. The lowest BCUT2D eigenvalue weighted by atomic mass is 10.0. The third-order valence-corrected chi connectivity index (χ3v) is 7.95. The van der Waals surface area contributed by atoms with Crippen molar-refractivity contribution in [2.24, 2.45) is 0 Å². The smallest absolute Gasteiger partial charge is 0.367 e. The normalized spacial score (nSPS) is 20.2. The van der Waals surface area contributed by atoms with Gasteiger partial charge >= 0.3 is 6.18 Å². The summed E-state index contributed by atoms with van der Waals surface area (Å²) in [5, 5.41) is 0. The lowest BCUT2D eigenvalue weighted by Crippen LogP contribution is -2.55. The summed E-state index contributed by atoms with van der Waals surface area (Å²) in [6, 6.07) is 8.08. The number of hydrogen-bond acceptors (Lipinski definition) is 7. The van der Waals surface area contributed by atoms with Gasteiger partial charge in [-0.15, -0.1) is 0 Å². The van der Waals surface area contributed by atoms with E-state index < -0.39 is 17.3 Å². The van der Waals surface area contributed by atoms with Gasteiger partial charge in [-0.3, -0.25) is 14.3 Å². The Kier molecular flexibility index (Phi) is 7.93. The Bertz CT molecular complexity index is 1470. The molecule has 2 aliphatic heterocycles. The predicted molar refractivity (Wildman–Crippen MR) is 156 cm³/mol. The Morgan fingerprint density at radius 1 is 0.976 bits per heavy atom. The van der Waals surface area contributed by atoms with Crippen LogP contribution in [0.2, 0.25) is 0 Å². The summed E-state index contributed by atoms with van der Waals surface area (Å²) in [4.78, 5) is 30.8. The molecule has 5 rings (SSSR count).